The standard InChI is InChI=1S/C12H12O3/c13-11-7-9(12(14)15)6-10(11)8-4-2-1-3-5-8/h1-5,9-10H,6-7H2,(H,14,15). The second-order valence-electron chi connectivity index (χ2n) is 3.90. The summed E-state index contributed by atoms with van der Waals surface area (Å²) in [6, 6.07) is 9.39. The number of carbonyl (C=O) groups excluding carboxylic acids is 1. The Labute approximate surface area is 87.7 Å². The van der Waals surface area contributed by atoms with Gasteiger partial charge in [0.1, 0.15) is 5.78 Å². The molecule has 0 aliphatic heterocycles. The summed E-state index contributed by atoms with van der Waals surface area (Å²) in [4.78, 5) is 22.4. The van der Waals surface area contributed by atoms with Crippen molar-refractivity contribution < 1.29 is 14.7 Å². The van der Waals surface area contributed by atoms with E-state index in [-0.39, 0.29) is 18.1 Å². The minimum Gasteiger partial charge on any atom is -0.481 e. The summed E-state index contributed by atoms with van der Waals surface area (Å²) in [7, 11) is 0. The van der Waals surface area contributed by atoms with Crippen LogP contribution in [-0.4, -0.2) is 16.9 Å². The fraction of sp³-hybridized carbons (Fsp3) is 0.333. The molecule has 1 aliphatic rings. The molecule has 1 fully saturated rings. The predicted molar refractivity (Wildman–Crippen MR) is 54.5 cm³/mol. The molecule has 0 amide bonds. The van der Waals surface area contributed by atoms with Crippen molar-refractivity contribution in [3.8, 4) is 0 Å². The van der Waals surface area contributed by atoms with Crippen LogP contribution < -0.4 is 0 Å². The molecule has 0 spiro atoms. The Kier molecular flexibility index (Phi) is 2.54. The predicted octanol–water partition coefficient (Wildman–Crippen LogP) is 1.83. The maximum Gasteiger partial charge on any atom is 0.306 e. The number of Topliss-reactive ketones (excluding diaryl/α,β-unsaturated/α-hetero) is 1. The molecule has 2 atom stereocenters. The highest BCUT2D eigenvalue weighted by Crippen LogP contribution is 2.35. The van der Waals surface area contributed by atoms with E-state index in [0.717, 1.165) is 5.56 Å². The normalized spacial score (nSPS) is 25.5. The van der Waals surface area contributed by atoms with Crippen LogP contribution in [0.5, 0.6) is 0 Å². The number of carboxylic acid groups (broad SMARTS) is 1. The SMILES string of the molecule is O=C(O)C1CC(=O)C(c2ccccc2)C1. The van der Waals surface area contributed by atoms with Crippen molar-refractivity contribution in [1.82, 2.24) is 0 Å². The number of hydrogen-bond donors (Lipinski definition) is 1. The van der Waals surface area contributed by atoms with Crippen LogP contribution >= 0.6 is 0 Å². The molecule has 0 aromatic heterocycles. The Morgan fingerprint density at radius 1 is 1.27 bits per heavy atom. The van der Waals surface area contributed by atoms with E-state index in [2.05, 4.69) is 0 Å². The molecule has 0 bridgehead atoms. The largest absolute Gasteiger partial charge is 0.481 e. The summed E-state index contributed by atoms with van der Waals surface area (Å²) >= 11 is 0. The molecule has 3 heteroatoms. The quantitative estimate of drug-likeness (QED) is 0.799. The van der Waals surface area contributed by atoms with Crippen molar-refractivity contribution >= 4 is 11.8 Å². The molecule has 2 unspecified atom stereocenters. The van der Waals surface area contributed by atoms with E-state index in [9.17, 15) is 9.59 Å². The first-order chi connectivity index (χ1) is 7.18. The molecule has 78 valence electrons. The monoisotopic (exact) mass is 204 g/mol. The van der Waals surface area contributed by atoms with Gasteiger partial charge >= 0.3 is 5.97 Å². The summed E-state index contributed by atoms with van der Waals surface area (Å²) in [6.07, 6.45) is 0.618. The average Bonchev–Trinajstić information content (AvgIpc) is 2.62. The van der Waals surface area contributed by atoms with Crippen LogP contribution in [0.15, 0.2) is 30.3 Å². The third-order valence-electron chi connectivity index (χ3n) is 2.91. The van der Waals surface area contributed by atoms with Crippen LogP contribution in [0.25, 0.3) is 0 Å². The van der Waals surface area contributed by atoms with Gasteiger partial charge in [-0.1, -0.05) is 30.3 Å². The van der Waals surface area contributed by atoms with Gasteiger partial charge in [0.15, 0.2) is 0 Å². The Balaban J connectivity index is 2.19. The van der Waals surface area contributed by atoms with Gasteiger partial charge in [-0.25, -0.2) is 0 Å². The van der Waals surface area contributed by atoms with Gasteiger partial charge in [0.05, 0.1) is 5.92 Å². The van der Waals surface area contributed by atoms with Crippen LogP contribution in [0.2, 0.25) is 0 Å². The van der Waals surface area contributed by atoms with Crippen molar-refractivity contribution in [2.24, 2.45) is 5.92 Å². The molecule has 1 saturated carbocycles. The van der Waals surface area contributed by atoms with Crippen LogP contribution in [0.1, 0.15) is 24.3 Å². The fourth-order valence-corrected chi connectivity index (χ4v) is 2.08. The van der Waals surface area contributed by atoms with Gasteiger partial charge in [0, 0.05) is 12.3 Å². The summed E-state index contributed by atoms with van der Waals surface area (Å²) < 4.78 is 0. The van der Waals surface area contributed by atoms with Crippen LogP contribution in [0.3, 0.4) is 0 Å². The van der Waals surface area contributed by atoms with Gasteiger partial charge in [-0.15, -0.1) is 0 Å². The Morgan fingerprint density at radius 3 is 2.47 bits per heavy atom. The summed E-state index contributed by atoms with van der Waals surface area (Å²) in [5.74, 6) is -1.52. The lowest BCUT2D eigenvalue weighted by atomic mass is 9.96. The van der Waals surface area contributed by atoms with Gasteiger partial charge in [0.25, 0.3) is 0 Å². The zero-order valence-corrected chi connectivity index (χ0v) is 8.22. The van der Waals surface area contributed by atoms with E-state index in [0.29, 0.717) is 6.42 Å². The van der Waals surface area contributed by atoms with E-state index < -0.39 is 11.9 Å². The zero-order valence-electron chi connectivity index (χ0n) is 8.22. The van der Waals surface area contributed by atoms with E-state index in [4.69, 9.17) is 5.11 Å². The van der Waals surface area contributed by atoms with Gasteiger partial charge in [-0.05, 0) is 12.0 Å². The van der Waals surface area contributed by atoms with E-state index in [1.807, 2.05) is 30.3 Å². The second-order valence-corrected chi connectivity index (χ2v) is 3.90. The first-order valence-electron chi connectivity index (χ1n) is 4.99. The first-order valence-corrected chi connectivity index (χ1v) is 4.99. The highest BCUT2D eigenvalue weighted by molar-refractivity contribution is 5.92. The van der Waals surface area contributed by atoms with Gasteiger partial charge < -0.3 is 5.11 Å². The van der Waals surface area contributed by atoms with Crippen molar-refractivity contribution in [2.45, 2.75) is 18.8 Å². The molecule has 1 aromatic carbocycles. The molecule has 0 saturated heterocycles. The van der Waals surface area contributed by atoms with Crippen molar-refractivity contribution in [1.29, 1.82) is 0 Å². The molecule has 15 heavy (non-hydrogen) atoms. The summed E-state index contributed by atoms with van der Waals surface area (Å²) in [5, 5.41) is 8.84. The van der Waals surface area contributed by atoms with Crippen molar-refractivity contribution in [3.63, 3.8) is 0 Å². The molecule has 1 N–H and O–H groups in total. The number of hydrogen-bond acceptors (Lipinski definition) is 2. The molecule has 1 aliphatic carbocycles. The summed E-state index contributed by atoms with van der Waals surface area (Å²) in [6.45, 7) is 0. The zero-order chi connectivity index (χ0) is 10.8. The number of ketones is 1. The minimum absolute atomic E-state index is 0.0496. The number of carbonyl (C=O) groups is 2. The van der Waals surface area contributed by atoms with Crippen LogP contribution in [0, 0.1) is 5.92 Å². The Morgan fingerprint density at radius 2 is 1.93 bits per heavy atom. The van der Waals surface area contributed by atoms with E-state index in [1.165, 1.54) is 0 Å². The molecule has 0 heterocycles. The highest BCUT2D eigenvalue weighted by atomic mass is 16.4. The lowest BCUT2D eigenvalue weighted by Gasteiger charge is -2.07. The number of carboxylic acids is 1. The summed E-state index contributed by atoms with van der Waals surface area (Å²) in [5.41, 5.74) is 0.936. The second kappa shape index (κ2) is 3.85. The lowest BCUT2D eigenvalue weighted by Crippen LogP contribution is -2.09. The third kappa shape index (κ3) is 1.91. The third-order valence-corrected chi connectivity index (χ3v) is 2.91. The van der Waals surface area contributed by atoms with Crippen molar-refractivity contribution in [2.75, 3.05) is 0 Å². The topological polar surface area (TPSA) is 54.4 Å². The number of rotatable bonds is 2. The average molecular weight is 204 g/mol. The maximum absolute atomic E-state index is 11.6. The smallest absolute Gasteiger partial charge is 0.306 e. The Hall–Kier alpha value is -1.64. The van der Waals surface area contributed by atoms with Gasteiger partial charge in [-0.2, -0.15) is 0 Å². The highest BCUT2D eigenvalue weighted by Gasteiger charge is 2.37. The van der Waals surface area contributed by atoms with E-state index >= 15 is 0 Å². The van der Waals surface area contributed by atoms with Crippen LogP contribution in [0.4, 0.5) is 0 Å². The van der Waals surface area contributed by atoms with E-state index in [1.54, 1.807) is 0 Å². The molecular formula is C12H12O3. The van der Waals surface area contributed by atoms with Crippen molar-refractivity contribution in [3.05, 3.63) is 35.9 Å². The first kappa shape index (κ1) is 9.90. The van der Waals surface area contributed by atoms with Gasteiger partial charge in [0.2, 0.25) is 0 Å². The Bertz CT molecular complexity index is 383. The molecule has 1 aromatic rings. The molecule has 3 nitrogen and oxygen atoms in total. The van der Waals surface area contributed by atoms with Crippen LogP contribution in [-0.2, 0) is 9.59 Å². The molecular weight excluding hydrogens is 192 g/mol. The minimum atomic E-state index is -0.859. The number of aliphatic carboxylic acids is 1. The molecule has 2 rings (SSSR count). The maximum atomic E-state index is 11.6. The molecule has 0 radical (unpaired) electrons. The number of benzene rings is 1. The fourth-order valence-electron chi connectivity index (χ4n) is 2.08. The van der Waals surface area contributed by atoms with Gasteiger partial charge in [-0.3, -0.25) is 9.59 Å². The lowest BCUT2D eigenvalue weighted by molar-refractivity contribution is -0.142.